The van der Waals surface area contributed by atoms with Crippen LogP contribution in [0.2, 0.25) is 0 Å². The van der Waals surface area contributed by atoms with Gasteiger partial charge in [-0.25, -0.2) is 0 Å². The van der Waals surface area contributed by atoms with Crippen LogP contribution < -0.4 is 0 Å². The van der Waals surface area contributed by atoms with Crippen LogP contribution in [0.1, 0.15) is 11.1 Å². The van der Waals surface area contributed by atoms with Gasteiger partial charge in [-0.1, -0.05) is 36.4 Å². The van der Waals surface area contributed by atoms with Crippen LogP contribution in [0, 0.1) is 0 Å². The molecular formula is C19H28FeN2O9P2+2. The number of nitrogens with zero attached hydrogens (tertiary/aromatic N) is 2. The third-order valence-corrected chi connectivity index (χ3v) is 6.20. The molecule has 1 atom stereocenters. The Balaban J connectivity index is 0.00000544. The zero-order valence-electron chi connectivity index (χ0n) is 17.5. The van der Waals surface area contributed by atoms with Gasteiger partial charge in [0, 0.05) is 36.8 Å². The minimum Gasteiger partial charge on any atom is -0.508 e. The molecular weight excluding hydrogens is 518 g/mol. The van der Waals surface area contributed by atoms with Crippen molar-refractivity contribution in [2.24, 2.45) is 0 Å². The Kier molecular flexibility index (Phi) is 11.7. The Morgan fingerprint density at radius 1 is 0.758 bits per heavy atom. The van der Waals surface area contributed by atoms with E-state index in [0.717, 1.165) is 0 Å². The summed E-state index contributed by atoms with van der Waals surface area (Å²) in [7, 11) is -9.11. The first kappa shape index (κ1) is 29.8. The molecule has 2 aromatic rings. The summed E-state index contributed by atoms with van der Waals surface area (Å²) in [6.07, 6.45) is -1.44. The molecule has 7 N–H and O–H groups in total. The zero-order chi connectivity index (χ0) is 23.9. The summed E-state index contributed by atoms with van der Waals surface area (Å²) in [6, 6.07) is 11.5. The fraction of sp³-hybridized carbons (Fsp3) is 0.368. The monoisotopic (exact) mass is 546 g/mol. The van der Waals surface area contributed by atoms with Crippen molar-refractivity contribution < 1.29 is 61.1 Å². The Morgan fingerprint density at radius 3 is 1.64 bits per heavy atom. The molecule has 14 heteroatoms. The largest absolute Gasteiger partial charge is 2.00 e. The van der Waals surface area contributed by atoms with Crippen molar-refractivity contribution in [2.45, 2.75) is 19.1 Å². The number of hydrogen-bond acceptors (Lipinski definition) is 7. The molecule has 0 spiro atoms. The van der Waals surface area contributed by atoms with Crippen LogP contribution in [0.4, 0.5) is 0 Å². The van der Waals surface area contributed by atoms with Crippen LogP contribution in [-0.4, -0.2) is 76.5 Å². The van der Waals surface area contributed by atoms with E-state index in [9.17, 15) is 44.0 Å². The molecule has 1 unspecified atom stereocenters. The molecule has 0 aromatic heterocycles. The van der Waals surface area contributed by atoms with Crippen LogP contribution in [0.15, 0.2) is 48.5 Å². The second-order valence-corrected chi connectivity index (χ2v) is 10.7. The van der Waals surface area contributed by atoms with Crippen molar-refractivity contribution in [2.75, 3.05) is 25.7 Å². The SMILES string of the molecule is O=P(O)(O)CN(Cc1ccccc1O)CC(CO)N(Cc1ccccc1O)CP(=O)(O)O.[Fe+2]. The van der Waals surface area contributed by atoms with E-state index in [1.807, 2.05) is 0 Å². The van der Waals surface area contributed by atoms with Gasteiger partial charge >= 0.3 is 32.3 Å². The fourth-order valence-corrected chi connectivity index (χ4v) is 4.84. The first-order chi connectivity index (χ1) is 14.9. The molecule has 0 radical (unpaired) electrons. The van der Waals surface area contributed by atoms with E-state index < -0.39 is 40.4 Å². The van der Waals surface area contributed by atoms with Gasteiger partial charge in [0.25, 0.3) is 0 Å². The molecule has 2 rings (SSSR count). The van der Waals surface area contributed by atoms with Gasteiger partial charge in [-0.3, -0.25) is 18.9 Å². The van der Waals surface area contributed by atoms with Crippen molar-refractivity contribution in [3.05, 3.63) is 59.7 Å². The zero-order valence-corrected chi connectivity index (χ0v) is 20.4. The van der Waals surface area contributed by atoms with Crippen molar-refractivity contribution >= 4 is 15.2 Å². The molecule has 0 fully saturated rings. The standard InChI is InChI=1S/C19H28N2O9P2.Fe/c22-12-17(21(14-32(28,29)30)10-16-6-2-4-8-19(16)24)11-20(13-31(25,26)27)9-15-5-1-3-7-18(15)23;/h1-8,17,22-24H,9-14H2,(H2,25,26,27)(H2,28,29,30);/q;+2. The van der Waals surface area contributed by atoms with Crippen LogP contribution >= 0.6 is 15.2 Å². The second kappa shape index (κ2) is 13.0. The maximum Gasteiger partial charge on any atom is 2.00 e. The molecule has 33 heavy (non-hydrogen) atoms. The maximum atomic E-state index is 11.7. The van der Waals surface area contributed by atoms with E-state index in [4.69, 9.17) is 0 Å². The van der Waals surface area contributed by atoms with E-state index in [0.29, 0.717) is 11.1 Å². The quantitative estimate of drug-likeness (QED) is 0.149. The Bertz CT molecular complexity index is 985. The molecule has 0 saturated heterocycles. The predicted molar refractivity (Wildman–Crippen MR) is 117 cm³/mol. The normalized spacial score (nSPS) is 13.2. The van der Waals surface area contributed by atoms with E-state index in [-0.39, 0.29) is 48.2 Å². The van der Waals surface area contributed by atoms with Crippen molar-refractivity contribution in [3.8, 4) is 11.5 Å². The van der Waals surface area contributed by atoms with Crippen molar-refractivity contribution in [1.82, 2.24) is 9.80 Å². The fourth-order valence-electron chi connectivity index (χ4n) is 3.30. The molecule has 0 aliphatic heterocycles. The van der Waals surface area contributed by atoms with Gasteiger partial charge in [0.2, 0.25) is 0 Å². The van der Waals surface area contributed by atoms with E-state index >= 15 is 0 Å². The molecule has 0 aliphatic rings. The summed E-state index contributed by atoms with van der Waals surface area (Å²) in [6.45, 7) is -0.951. The van der Waals surface area contributed by atoms with Gasteiger partial charge in [0.1, 0.15) is 24.1 Å². The second-order valence-electron chi connectivity index (χ2n) is 7.46. The number of phenols is 2. The summed E-state index contributed by atoms with van der Waals surface area (Å²) in [5, 5.41) is 30.1. The Hall–Kier alpha value is -1.26. The maximum absolute atomic E-state index is 11.7. The Morgan fingerprint density at radius 2 is 1.21 bits per heavy atom. The molecule has 11 nitrogen and oxygen atoms in total. The average Bonchev–Trinajstić information content (AvgIpc) is 2.66. The topological polar surface area (TPSA) is 182 Å². The number of rotatable bonds is 12. The van der Waals surface area contributed by atoms with Gasteiger partial charge < -0.3 is 34.9 Å². The van der Waals surface area contributed by atoms with E-state index in [1.165, 1.54) is 21.9 Å². The smallest absolute Gasteiger partial charge is 0.508 e. The van der Waals surface area contributed by atoms with Gasteiger partial charge in [0.05, 0.1) is 6.61 Å². The summed E-state index contributed by atoms with van der Waals surface area (Å²) >= 11 is 0. The minimum atomic E-state index is -4.58. The molecule has 0 saturated carbocycles. The Labute approximate surface area is 202 Å². The van der Waals surface area contributed by atoms with Crippen molar-refractivity contribution in [3.63, 3.8) is 0 Å². The first-order valence-electron chi connectivity index (χ1n) is 9.58. The number of aromatic hydroxyl groups is 2. The molecule has 2 aromatic carbocycles. The van der Waals surface area contributed by atoms with E-state index in [2.05, 4.69) is 0 Å². The minimum absolute atomic E-state index is 0. The van der Waals surface area contributed by atoms with Crippen LogP contribution in [0.25, 0.3) is 0 Å². The van der Waals surface area contributed by atoms with Gasteiger partial charge in [-0.05, 0) is 12.1 Å². The molecule has 0 amide bonds. The van der Waals surface area contributed by atoms with Gasteiger partial charge in [0.15, 0.2) is 0 Å². The van der Waals surface area contributed by atoms with Gasteiger partial charge in [-0.15, -0.1) is 0 Å². The van der Waals surface area contributed by atoms with Gasteiger partial charge in [-0.2, -0.15) is 0 Å². The summed E-state index contributed by atoms with van der Waals surface area (Å²) in [5.74, 6) is -0.175. The number of hydrogen-bond donors (Lipinski definition) is 7. The molecule has 0 aliphatic carbocycles. The number of phenolic OH excluding ortho intramolecular Hbond substituents is 2. The molecule has 184 valence electrons. The number of aliphatic hydroxyl groups excluding tert-OH is 1. The number of para-hydroxylation sites is 2. The summed E-state index contributed by atoms with van der Waals surface area (Å²) < 4.78 is 23.4. The number of aliphatic hydroxyl groups is 1. The van der Waals surface area contributed by atoms with Crippen LogP contribution in [0.3, 0.4) is 0 Å². The summed E-state index contributed by atoms with van der Waals surface area (Å²) in [4.78, 5) is 40.6. The average molecular weight is 546 g/mol. The van der Waals surface area contributed by atoms with Crippen LogP contribution in [-0.2, 0) is 39.3 Å². The first-order valence-corrected chi connectivity index (χ1v) is 13.2. The van der Waals surface area contributed by atoms with Crippen molar-refractivity contribution in [1.29, 1.82) is 0 Å². The third kappa shape index (κ3) is 10.7. The third-order valence-electron chi connectivity index (χ3n) is 4.70. The number of benzene rings is 2. The van der Waals surface area contributed by atoms with Crippen LogP contribution in [0.5, 0.6) is 11.5 Å². The molecule has 0 heterocycles. The van der Waals surface area contributed by atoms with E-state index in [1.54, 1.807) is 36.4 Å². The summed E-state index contributed by atoms with van der Waals surface area (Å²) in [5.41, 5.74) is 0.751. The predicted octanol–water partition coefficient (Wildman–Crippen LogP) is 1.03. The molecule has 0 bridgehead atoms.